The van der Waals surface area contributed by atoms with Crippen molar-refractivity contribution in [3.8, 4) is 0 Å². The zero-order valence-corrected chi connectivity index (χ0v) is 22.5. The number of aromatic nitrogens is 2. The smallest absolute Gasteiger partial charge is 0.274 e. The molecule has 1 aliphatic heterocycles. The van der Waals surface area contributed by atoms with E-state index in [4.69, 9.17) is 0 Å². The molecule has 38 heavy (non-hydrogen) atoms. The van der Waals surface area contributed by atoms with Crippen molar-refractivity contribution in [3.05, 3.63) is 89.2 Å². The molecule has 2 aromatic carbocycles. The summed E-state index contributed by atoms with van der Waals surface area (Å²) in [4.78, 5) is 43.0. The molecule has 0 saturated heterocycles. The molecule has 8 heteroatoms. The Hall–Kier alpha value is -3.94. The van der Waals surface area contributed by atoms with Gasteiger partial charge in [-0.3, -0.25) is 19.1 Å². The van der Waals surface area contributed by atoms with E-state index in [1.165, 1.54) is 0 Å². The number of rotatable bonds is 10. The van der Waals surface area contributed by atoms with Crippen molar-refractivity contribution in [2.24, 2.45) is 5.92 Å². The number of nitrogens with zero attached hydrogens (tertiary/aromatic N) is 4. The Morgan fingerprint density at radius 2 is 1.68 bits per heavy atom. The highest BCUT2D eigenvalue weighted by atomic mass is 16.2. The van der Waals surface area contributed by atoms with Crippen LogP contribution in [0.2, 0.25) is 0 Å². The molecule has 1 aromatic heterocycles. The first-order valence-corrected chi connectivity index (χ1v) is 13.4. The van der Waals surface area contributed by atoms with Gasteiger partial charge < -0.3 is 15.1 Å². The minimum absolute atomic E-state index is 0.115. The molecule has 0 spiro atoms. The first-order valence-electron chi connectivity index (χ1n) is 13.4. The van der Waals surface area contributed by atoms with E-state index < -0.39 is 0 Å². The zero-order chi connectivity index (χ0) is 27.1. The Balaban J connectivity index is 1.43. The van der Waals surface area contributed by atoms with Gasteiger partial charge in [0.2, 0.25) is 5.91 Å². The van der Waals surface area contributed by atoms with Crippen molar-refractivity contribution in [2.75, 3.05) is 19.6 Å². The summed E-state index contributed by atoms with van der Waals surface area (Å²) in [6.45, 7) is 8.51. The number of benzene rings is 2. The van der Waals surface area contributed by atoms with Crippen molar-refractivity contribution in [3.63, 3.8) is 0 Å². The van der Waals surface area contributed by atoms with Crippen molar-refractivity contribution < 1.29 is 14.4 Å². The van der Waals surface area contributed by atoms with E-state index in [-0.39, 0.29) is 48.3 Å². The van der Waals surface area contributed by atoms with Gasteiger partial charge in [-0.05, 0) is 30.4 Å². The van der Waals surface area contributed by atoms with Crippen LogP contribution in [0.15, 0.2) is 66.7 Å². The molecule has 3 amide bonds. The number of hydrogen-bond acceptors (Lipinski definition) is 4. The molecule has 1 atom stereocenters. The van der Waals surface area contributed by atoms with E-state index in [2.05, 4.69) is 10.4 Å². The van der Waals surface area contributed by atoms with E-state index in [1.807, 2.05) is 86.3 Å². The molecule has 0 bridgehead atoms. The summed E-state index contributed by atoms with van der Waals surface area (Å²) in [5.41, 5.74) is 2.77. The lowest BCUT2D eigenvalue weighted by Gasteiger charge is -2.24. The molecule has 4 rings (SSSR count). The zero-order valence-electron chi connectivity index (χ0n) is 22.5. The summed E-state index contributed by atoms with van der Waals surface area (Å²) in [5, 5.41) is 7.54. The maximum Gasteiger partial charge on any atom is 0.274 e. The second-order valence-corrected chi connectivity index (χ2v) is 10.3. The first-order chi connectivity index (χ1) is 18.3. The monoisotopic (exact) mass is 515 g/mol. The second kappa shape index (κ2) is 12.5. The molecule has 8 nitrogen and oxygen atoms in total. The maximum absolute atomic E-state index is 13.5. The van der Waals surface area contributed by atoms with Crippen LogP contribution >= 0.6 is 0 Å². The normalized spacial score (nSPS) is 14.1. The summed E-state index contributed by atoms with van der Waals surface area (Å²) in [6, 6.07) is 21.2. The highest BCUT2D eigenvalue weighted by Gasteiger charge is 2.28. The minimum atomic E-state index is -0.259. The number of fused-ring (bicyclic) bond motifs is 1. The number of aryl methyl sites for hydroxylation is 1. The van der Waals surface area contributed by atoms with Gasteiger partial charge in [0.15, 0.2) is 5.69 Å². The van der Waals surface area contributed by atoms with Crippen LogP contribution in [0.4, 0.5) is 0 Å². The lowest BCUT2D eigenvalue weighted by atomic mass is 10.1. The molecular weight excluding hydrogens is 478 g/mol. The molecule has 2 heterocycles. The average Bonchev–Trinajstić information content (AvgIpc) is 3.29. The largest absolute Gasteiger partial charge is 0.350 e. The van der Waals surface area contributed by atoms with Crippen molar-refractivity contribution >= 4 is 17.7 Å². The number of nitrogens with one attached hydrogen (secondary N) is 1. The summed E-state index contributed by atoms with van der Waals surface area (Å²) >= 11 is 0. The van der Waals surface area contributed by atoms with Crippen LogP contribution < -0.4 is 5.32 Å². The number of amides is 3. The lowest BCUT2D eigenvalue weighted by molar-refractivity contribution is -0.121. The molecule has 0 fully saturated rings. The number of carbonyl (C=O) groups is 3. The summed E-state index contributed by atoms with van der Waals surface area (Å²) in [5.74, 6) is -0.280. The second-order valence-electron chi connectivity index (χ2n) is 10.3. The first kappa shape index (κ1) is 27.1. The third-order valence-corrected chi connectivity index (χ3v) is 6.68. The fourth-order valence-corrected chi connectivity index (χ4v) is 4.75. The molecule has 0 aliphatic carbocycles. The van der Waals surface area contributed by atoms with Crippen molar-refractivity contribution in [1.29, 1.82) is 0 Å². The SMILES string of the molecule is CC(C)CN(CCC(=O)N[C@H](C)c1ccccc1)C(=O)c1cc2n(n1)CCCN(Cc1ccccc1)C2=O. The van der Waals surface area contributed by atoms with Crippen molar-refractivity contribution in [1.82, 2.24) is 24.9 Å². The Bertz CT molecular complexity index is 1240. The lowest BCUT2D eigenvalue weighted by Crippen LogP contribution is -2.38. The van der Waals surface area contributed by atoms with E-state index >= 15 is 0 Å². The van der Waals surface area contributed by atoms with Crippen LogP contribution in [-0.2, 0) is 17.9 Å². The van der Waals surface area contributed by atoms with Gasteiger partial charge in [0, 0.05) is 45.2 Å². The predicted molar refractivity (Wildman–Crippen MR) is 146 cm³/mol. The Morgan fingerprint density at radius 1 is 1.00 bits per heavy atom. The van der Waals surface area contributed by atoms with Gasteiger partial charge in [-0.2, -0.15) is 5.10 Å². The standard InChI is InChI=1S/C30H37N5O3/c1-22(2)20-34(18-15-28(36)31-23(3)25-13-8-5-9-14-25)29(37)26-19-27-30(38)33(16-10-17-35(27)32-26)21-24-11-6-4-7-12-24/h4-9,11-14,19,22-23H,10,15-18,20-21H2,1-3H3,(H,31,36)/t23-/m1/s1. The quantitative estimate of drug-likeness (QED) is 0.436. The summed E-state index contributed by atoms with van der Waals surface area (Å²) < 4.78 is 1.66. The number of hydrogen-bond donors (Lipinski definition) is 1. The molecule has 1 N–H and O–H groups in total. The predicted octanol–water partition coefficient (Wildman–Crippen LogP) is 4.29. The van der Waals surface area contributed by atoms with Crippen LogP contribution in [0.3, 0.4) is 0 Å². The maximum atomic E-state index is 13.5. The molecule has 3 aromatic rings. The molecule has 0 unspecified atom stereocenters. The fraction of sp³-hybridized carbons (Fsp3) is 0.400. The Morgan fingerprint density at radius 3 is 2.37 bits per heavy atom. The topological polar surface area (TPSA) is 87.5 Å². The molecule has 0 saturated carbocycles. The third-order valence-electron chi connectivity index (χ3n) is 6.68. The van der Waals surface area contributed by atoms with E-state index in [9.17, 15) is 14.4 Å². The van der Waals surface area contributed by atoms with Gasteiger partial charge in [0.1, 0.15) is 5.69 Å². The van der Waals surface area contributed by atoms with E-state index in [0.29, 0.717) is 31.9 Å². The third kappa shape index (κ3) is 6.88. The molecule has 0 radical (unpaired) electrons. The van der Waals surface area contributed by atoms with Gasteiger partial charge in [-0.15, -0.1) is 0 Å². The summed E-state index contributed by atoms with van der Waals surface area (Å²) in [6.07, 6.45) is 0.948. The van der Waals surface area contributed by atoms with Gasteiger partial charge in [0.05, 0.1) is 6.04 Å². The van der Waals surface area contributed by atoms with Crippen LogP contribution in [0.5, 0.6) is 0 Å². The highest BCUT2D eigenvalue weighted by Crippen LogP contribution is 2.18. The Labute approximate surface area is 224 Å². The van der Waals surface area contributed by atoms with Crippen molar-refractivity contribution in [2.45, 2.75) is 52.7 Å². The molecular formula is C30H37N5O3. The highest BCUT2D eigenvalue weighted by molar-refractivity contribution is 5.98. The van der Waals surface area contributed by atoms with Crippen LogP contribution in [0, 0.1) is 5.92 Å². The van der Waals surface area contributed by atoms with Crippen LogP contribution in [0.1, 0.15) is 71.8 Å². The Kier molecular flexibility index (Phi) is 8.94. The molecule has 1 aliphatic rings. The number of carbonyl (C=O) groups excluding carboxylic acids is 3. The minimum Gasteiger partial charge on any atom is -0.350 e. The van der Waals surface area contributed by atoms with E-state index in [0.717, 1.165) is 17.5 Å². The van der Waals surface area contributed by atoms with Gasteiger partial charge in [0.25, 0.3) is 11.8 Å². The van der Waals surface area contributed by atoms with Gasteiger partial charge in [-0.25, -0.2) is 0 Å². The van der Waals surface area contributed by atoms with Gasteiger partial charge >= 0.3 is 0 Å². The fourth-order valence-electron chi connectivity index (χ4n) is 4.75. The molecule has 200 valence electrons. The summed E-state index contributed by atoms with van der Waals surface area (Å²) in [7, 11) is 0. The van der Waals surface area contributed by atoms with E-state index in [1.54, 1.807) is 15.6 Å². The average molecular weight is 516 g/mol. The van der Waals surface area contributed by atoms with Crippen LogP contribution in [-0.4, -0.2) is 56.9 Å². The van der Waals surface area contributed by atoms with Gasteiger partial charge in [-0.1, -0.05) is 74.5 Å². The van der Waals surface area contributed by atoms with Crippen LogP contribution in [0.25, 0.3) is 0 Å².